The van der Waals surface area contributed by atoms with Gasteiger partial charge in [-0.1, -0.05) is 18.2 Å². The molecule has 0 aliphatic heterocycles. The fraction of sp³-hybridized carbons (Fsp3) is 0.300. The second-order valence-electron chi connectivity index (χ2n) is 3.21. The van der Waals surface area contributed by atoms with Gasteiger partial charge >= 0.3 is 7.12 Å². The number of benzene rings is 1. The highest BCUT2D eigenvalue weighted by molar-refractivity contribution is 6.60. The first-order valence-electron chi connectivity index (χ1n) is 4.89. The van der Waals surface area contributed by atoms with E-state index in [0.717, 1.165) is 0 Å². The van der Waals surface area contributed by atoms with Crippen LogP contribution in [-0.2, 0) is 4.74 Å². The maximum atomic E-state index is 11.7. The second-order valence-corrected chi connectivity index (χ2v) is 3.21. The lowest BCUT2D eigenvalue weighted by Crippen LogP contribution is -2.38. The molecule has 0 saturated carbocycles. The molecule has 0 saturated heterocycles. The van der Waals surface area contributed by atoms with E-state index in [9.17, 15) is 4.79 Å². The average Bonchev–Trinajstić information content (AvgIpc) is 2.29. The van der Waals surface area contributed by atoms with Crippen LogP contribution in [0.25, 0.3) is 0 Å². The molecule has 0 unspecified atom stereocenters. The summed E-state index contributed by atoms with van der Waals surface area (Å²) in [5, 5.41) is 20.8. The summed E-state index contributed by atoms with van der Waals surface area (Å²) in [5.74, 6) is -0.347. The lowest BCUT2D eigenvalue weighted by molar-refractivity contribution is 0.0937. The van der Waals surface area contributed by atoms with Gasteiger partial charge in [0.15, 0.2) is 0 Å². The first kappa shape index (κ1) is 12.7. The van der Waals surface area contributed by atoms with E-state index in [0.29, 0.717) is 13.2 Å². The van der Waals surface area contributed by atoms with Crippen LogP contribution in [0, 0.1) is 0 Å². The highest BCUT2D eigenvalue weighted by atomic mass is 16.5. The molecule has 0 spiro atoms. The first-order chi connectivity index (χ1) is 7.66. The van der Waals surface area contributed by atoms with Gasteiger partial charge < -0.3 is 20.1 Å². The van der Waals surface area contributed by atoms with Crippen molar-refractivity contribution in [3.05, 3.63) is 29.8 Å². The summed E-state index contributed by atoms with van der Waals surface area (Å²) < 4.78 is 4.79. The second kappa shape index (κ2) is 6.27. The Labute approximate surface area is 94.2 Å². The summed E-state index contributed by atoms with van der Waals surface area (Å²) >= 11 is 0. The van der Waals surface area contributed by atoms with Gasteiger partial charge in [0.2, 0.25) is 0 Å². The van der Waals surface area contributed by atoms with Crippen LogP contribution < -0.4 is 10.8 Å². The monoisotopic (exact) mass is 223 g/mol. The average molecular weight is 223 g/mol. The third kappa shape index (κ3) is 3.34. The number of nitrogens with one attached hydrogen (secondary N) is 1. The summed E-state index contributed by atoms with van der Waals surface area (Å²) in [4.78, 5) is 11.7. The van der Waals surface area contributed by atoms with Crippen molar-refractivity contribution in [2.75, 3.05) is 20.3 Å². The van der Waals surface area contributed by atoms with Gasteiger partial charge in [-0.25, -0.2) is 0 Å². The predicted octanol–water partition coefficient (Wildman–Crippen LogP) is -1.26. The molecule has 1 aromatic rings. The fourth-order valence-electron chi connectivity index (χ4n) is 1.29. The molecule has 16 heavy (non-hydrogen) atoms. The van der Waals surface area contributed by atoms with Gasteiger partial charge in [0, 0.05) is 19.2 Å². The van der Waals surface area contributed by atoms with Crippen LogP contribution >= 0.6 is 0 Å². The van der Waals surface area contributed by atoms with Gasteiger partial charge in [0.05, 0.1) is 6.61 Å². The third-order valence-corrected chi connectivity index (χ3v) is 2.08. The zero-order valence-corrected chi connectivity index (χ0v) is 9.01. The van der Waals surface area contributed by atoms with Crippen LogP contribution in [0.5, 0.6) is 0 Å². The number of rotatable bonds is 5. The standard InChI is InChI=1S/C10H14BNO4/c1-16-7-6-12-10(13)8-4-2-3-5-9(8)11(14)15/h2-5,14-15H,6-7H2,1H3,(H,12,13). The molecule has 5 nitrogen and oxygen atoms in total. The van der Waals surface area contributed by atoms with Gasteiger partial charge in [-0.05, 0) is 11.5 Å². The number of ether oxygens (including phenoxy) is 1. The Morgan fingerprint density at radius 2 is 2.12 bits per heavy atom. The van der Waals surface area contributed by atoms with E-state index in [1.165, 1.54) is 19.2 Å². The van der Waals surface area contributed by atoms with Crippen LogP contribution in [0.2, 0.25) is 0 Å². The Kier molecular flexibility index (Phi) is 4.98. The predicted molar refractivity (Wildman–Crippen MR) is 60.5 cm³/mol. The number of hydrogen-bond acceptors (Lipinski definition) is 4. The third-order valence-electron chi connectivity index (χ3n) is 2.08. The summed E-state index contributed by atoms with van der Waals surface area (Å²) in [7, 11) is -0.109. The lowest BCUT2D eigenvalue weighted by Gasteiger charge is -2.08. The maximum absolute atomic E-state index is 11.7. The molecule has 6 heteroatoms. The number of hydrogen-bond donors (Lipinski definition) is 3. The van der Waals surface area contributed by atoms with E-state index in [1.807, 2.05) is 0 Å². The molecule has 1 amide bonds. The van der Waals surface area contributed by atoms with E-state index in [2.05, 4.69) is 5.32 Å². The van der Waals surface area contributed by atoms with E-state index in [-0.39, 0.29) is 16.9 Å². The molecule has 0 aromatic heterocycles. The molecule has 0 fully saturated rings. The summed E-state index contributed by atoms with van der Waals surface area (Å²) in [6.07, 6.45) is 0. The van der Waals surface area contributed by atoms with Crippen LogP contribution in [0.15, 0.2) is 24.3 Å². The molecule has 0 radical (unpaired) electrons. The van der Waals surface area contributed by atoms with Gasteiger partial charge in [-0.2, -0.15) is 0 Å². The van der Waals surface area contributed by atoms with Crippen molar-refractivity contribution in [1.29, 1.82) is 0 Å². The minimum Gasteiger partial charge on any atom is -0.423 e. The number of methoxy groups -OCH3 is 1. The van der Waals surface area contributed by atoms with Crippen LogP contribution in [-0.4, -0.2) is 43.3 Å². The van der Waals surface area contributed by atoms with Crippen molar-refractivity contribution in [3.63, 3.8) is 0 Å². The molecule has 0 aliphatic carbocycles. The van der Waals surface area contributed by atoms with E-state index >= 15 is 0 Å². The quantitative estimate of drug-likeness (QED) is 0.430. The molecular formula is C10H14BNO4. The topological polar surface area (TPSA) is 78.8 Å². The van der Waals surface area contributed by atoms with Crippen molar-refractivity contribution in [3.8, 4) is 0 Å². The highest BCUT2D eigenvalue weighted by Gasteiger charge is 2.19. The minimum atomic E-state index is -1.65. The Morgan fingerprint density at radius 3 is 2.75 bits per heavy atom. The largest absolute Gasteiger partial charge is 0.489 e. The molecule has 1 rings (SSSR count). The van der Waals surface area contributed by atoms with E-state index in [4.69, 9.17) is 14.8 Å². The zero-order valence-electron chi connectivity index (χ0n) is 9.01. The molecule has 0 atom stereocenters. The Bertz CT molecular complexity index is 356. The molecular weight excluding hydrogens is 209 g/mol. The molecule has 0 heterocycles. The van der Waals surface area contributed by atoms with Crippen molar-refractivity contribution >= 4 is 18.5 Å². The number of carbonyl (C=O) groups excluding carboxylic acids is 1. The minimum absolute atomic E-state index is 0.192. The summed E-state index contributed by atoms with van der Waals surface area (Å²) in [6, 6.07) is 6.34. The van der Waals surface area contributed by atoms with Crippen molar-refractivity contribution in [1.82, 2.24) is 5.32 Å². The van der Waals surface area contributed by atoms with Crippen molar-refractivity contribution < 1.29 is 19.6 Å². The smallest absolute Gasteiger partial charge is 0.423 e. The summed E-state index contributed by atoms with van der Waals surface area (Å²) in [6.45, 7) is 0.792. The van der Waals surface area contributed by atoms with Gasteiger partial charge in [0.1, 0.15) is 0 Å². The molecule has 1 aromatic carbocycles. The molecule has 0 bridgehead atoms. The molecule has 3 N–H and O–H groups in total. The number of carbonyl (C=O) groups is 1. The Morgan fingerprint density at radius 1 is 1.44 bits per heavy atom. The normalized spacial score (nSPS) is 9.94. The van der Waals surface area contributed by atoms with Crippen LogP contribution in [0.1, 0.15) is 10.4 Å². The number of amides is 1. The van der Waals surface area contributed by atoms with E-state index in [1.54, 1.807) is 12.1 Å². The van der Waals surface area contributed by atoms with Gasteiger partial charge in [-0.15, -0.1) is 0 Å². The zero-order chi connectivity index (χ0) is 12.0. The van der Waals surface area contributed by atoms with Gasteiger partial charge in [-0.3, -0.25) is 4.79 Å². The highest BCUT2D eigenvalue weighted by Crippen LogP contribution is 1.96. The van der Waals surface area contributed by atoms with Crippen molar-refractivity contribution in [2.24, 2.45) is 0 Å². The van der Waals surface area contributed by atoms with Gasteiger partial charge in [0.25, 0.3) is 5.91 Å². The Hall–Kier alpha value is -1.37. The van der Waals surface area contributed by atoms with Crippen LogP contribution in [0.4, 0.5) is 0 Å². The Balaban J connectivity index is 2.74. The molecule has 86 valence electrons. The van der Waals surface area contributed by atoms with Crippen LogP contribution in [0.3, 0.4) is 0 Å². The van der Waals surface area contributed by atoms with E-state index < -0.39 is 7.12 Å². The first-order valence-corrected chi connectivity index (χ1v) is 4.89. The van der Waals surface area contributed by atoms with Crippen molar-refractivity contribution in [2.45, 2.75) is 0 Å². The lowest BCUT2D eigenvalue weighted by atomic mass is 9.77. The maximum Gasteiger partial charge on any atom is 0.489 e. The fourth-order valence-corrected chi connectivity index (χ4v) is 1.29. The molecule has 0 aliphatic rings. The summed E-state index contributed by atoms with van der Waals surface area (Å²) in [5.41, 5.74) is 0.450. The SMILES string of the molecule is COCCNC(=O)c1ccccc1B(O)O.